The molecule has 0 saturated heterocycles. The molecule has 5 heteroatoms. The van der Waals surface area contributed by atoms with Crippen molar-refractivity contribution in [3.8, 4) is 0 Å². The molecular weight excluding hydrogens is 272 g/mol. The van der Waals surface area contributed by atoms with Gasteiger partial charge in [0, 0.05) is 13.0 Å². The van der Waals surface area contributed by atoms with Crippen LogP contribution in [0.1, 0.15) is 31.4 Å². The van der Waals surface area contributed by atoms with Gasteiger partial charge in [-0.3, -0.25) is 9.59 Å². The second-order valence-corrected chi connectivity index (χ2v) is 4.63. The number of aliphatic hydroxyl groups excluding tert-OH is 1. The molecule has 0 bridgehead atoms. The minimum absolute atomic E-state index is 0.0739. The topological polar surface area (TPSA) is 72.8 Å². The van der Waals surface area contributed by atoms with E-state index in [1.165, 1.54) is 0 Å². The maximum absolute atomic E-state index is 12.5. The average molecular weight is 294 g/mol. The third-order valence-corrected chi connectivity index (χ3v) is 3.34. The quantitative estimate of drug-likeness (QED) is 0.612. The van der Waals surface area contributed by atoms with Gasteiger partial charge >= 0.3 is 11.9 Å². The Bertz CT molecular complexity index is 477. The van der Waals surface area contributed by atoms with Crippen LogP contribution in [0.2, 0.25) is 0 Å². The first-order valence-electron chi connectivity index (χ1n) is 7.06. The van der Waals surface area contributed by atoms with E-state index in [-0.39, 0.29) is 26.2 Å². The predicted molar refractivity (Wildman–Crippen MR) is 77.8 cm³/mol. The van der Waals surface area contributed by atoms with Crippen molar-refractivity contribution in [2.24, 2.45) is 0 Å². The minimum atomic E-state index is -1.62. The molecule has 0 saturated carbocycles. The monoisotopic (exact) mass is 294 g/mol. The number of rotatable bonds is 7. The van der Waals surface area contributed by atoms with Crippen molar-refractivity contribution in [3.63, 3.8) is 0 Å². The number of aryl methyl sites for hydroxylation is 1. The van der Waals surface area contributed by atoms with Crippen LogP contribution in [0.3, 0.4) is 0 Å². The van der Waals surface area contributed by atoms with Gasteiger partial charge < -0.3 is 14.6 Å². The zero-order valence-corrected chi connectivity index (χ0v) is 12.7. The molecular formula is C16H22O5. The van der Waals surface area contributed by atoms with Gasteiger partial charge in [0.05, 0.1) is 13.2 Å². The van der Waals surface area contributed by atoms with E-state index in [1.54, 1.807) is 39.0 Å². The van der Waals surface area contributed by atoms with Crippen LogP contribution in [-0.2, 0) is 24.5 Å². The van der Waals surface area contributed by atoms with Gasteiger partial charge in [-0.05, 0) is 31.9 Å². The summed E-state index contributed by atoms with van der Waals surface area (Å²) in [7, 11) is 0. The SMILES string of the molecule is CCOC(=O)C(CCO)(C(=O)OCC)c1ccccc1C. The lowest BCUT2D eigenvalue weighted by Gasteiger charge is -2.30. The molecule has 5 nitrogen and oxygen atoms in total. The van der Waals surface area contributed by atoms with Crippen LogP contribution in [0.4, 0.5) is 0 Å². The van der Waals surface area contributed by atoms with E-state index in [1.807, 2.05) is 6.07 Å². The number of hydrogen-bond acceptors (Lipinski definition) is 5. The summed E-state index contributed by atoms with van der Waals surface area (Å²) in [6, 6.07) is 7.06. The van der Waals surface area contributed by atoms with Crippen LogP contribution in [0.25, 0.3) is 0 Å². The maximum atomic E-state index is 12.5. The third-order valence-electron chi connectivity index (χ3n) is 3.34. The molecule has 0 fully saturated rings. The molecule has 1 aromatic carbocycles. The molecule has 0 aliphatic rings. The van der Waals surface area contributed by atoms with Gasteiger partial charge in [-0.2, -0.15) is 0 Å². The Balaban J connectivity index is 3.47. The molecule has 0 aliphatic heterocycles. The van der Waals surface area contributed by atoms with Crippen molar-refractivity contribution in [2.45, 2.75) is 32.6 Å². The van der Waals surface area contributed by atoms with Crippen LogP contribution in [0.15, 0.2) is 24.3 Å². The molecule has 0 heterocycles. The van der Waals surface area contributed by atoms with Crippen molar-refractivity contribution in [1.29, 1.82) is 0 Å². The Morgan fingerprint density at radius 3 is 2.05 bits per heavy atom. The summed E-state index contributed by atoms with van der Waals surface area (Å²) in [5.74, 6) is -1.38. The van der Waals surface area contributed by atoms with E-state index in [4.69, 9.17) is 9.47 Å². The van der Waals surface area contributed by atoms with Gasteiger partial charge in [0.15, 0.2) is 5.41 Å². The van der Waals surface area contributed by atoms with Gasteiger partial charge in [-0.15, -0.1) is 0 Å². The largest absolute Gasteiger partial charge is 0.465 e. The first-order valence-corrected chi connectivity index (χ1v) is 7.06. The van der Waals surface area contributed by atoms with Gasteiger partial charge in [-0.25, -0.2) is 0 Å². The van der Waals surface area contributed by atoms with Gasteiger partial charge in [0.2, 0.25) is 0 Å². The molecule has 0 radical (unpaired) electrons. The maximum Gasteiger partial charge on any atom is 0.328 e. The summed E-state index contributed by atoms with van der Waals surface area (Å²) in [4.78, 5) is 25.0. The van der Waals surface area contributed by atoms with Crippen LogP contribution in [0, 0.1) is 6.92 Å². The normalized spacial score (nSPS) is 11.0. The third kappa shape index (κ3) is 3.42. The fourth-order valence-corrected chi connectivity index (χ4v) is 2.37. The van der Waals surface area contributed by atoms with E-state index in [2.05, 4.69) is 0 Å². The van der Waals surface area contributed by atoms with Gasteiger partial charge in [0.1, 0.15) is 0 Å². The van der Waals surface area contributed by atoms with Crippen molar-refractivity contribution in [2.75, 3.05) is 19.8 Å². The Hall–Kier alpha value is -1.88. The number of hydrogen-bond donors (Lipinski definition) is 1. The Kier molecular flexibility index (Phi) is 6.37. The summed E-state index contributed by atoms with van der Waals surface area (Å²) in [6.45, 7) is 5.12. The molecule has 1 N–H and O–H groups in total. The van der Waals surface area contributed by atoms with Gasteiger partial charge in [0.25, 0.3) is 0 Å². The molecule has 116 valence electrons. The van der Waals surface area contributed by atoms with Crippen LogP contribution in [-0.4, -0.2) is 36.9 Å². The molecule has 0 spiro atoms. The molecule has 0 unspecified atom stereocenters. The van der Waals surface area contributed by atoms with E-state index in [0.717, 1.165) is 5.56 Å². The number of benzene rings is 1. The minimum Gasteiger partial charge on any atom is -0.465 e. The number of aliphatic hydroxyl groups is 1. The Morgan fingerprint density at radius 2 is 1.62 bits per heavy atom. The van der Waals surface area contributed by atoms with Gasteiger partial charge in [-0.1, -0.05) is 24.3 Å². The molecule has 0 aromatic heterocycles. The summed E-state index contributed by atoms with van der Waals surface area (Å²) < 4.78 is 10.2. The highest BCUT2D eigenvalue weighted by atomic mass is 16.6. The summed E-state index contributed by atoms with van der Waals surface area (Å²) in [6.07, 6.45) is -0.0739. The smallest absolute Gasteiger partial charge is 0.328 e. The predicted octanol–water partition coefficient (Wildman–Crippen LogP) is 1.74. The zero-order valence-electron chi connectivity index (χ0n) is 12.7. The van der Waals surface area contributed by atoms with Crippen molar-refractivity contribution >= 4 is 11.9 Å². The summed E-state index contributed by atoms with van der Waals surface area (Å²) >= 11 is 0. The lowest BCUT2D eigenvalue weighted by Crippen LogP contribution is -2.47. The zero-order chi connectivity index (χ0) is 15.9. The molecule has 21 heavy (non-hydrogen) atoms. The second-order valence-electron chi connectivity index (χ2n) is 4.63. The highest BCUT2D eigenvalue weighted by Crippen LogP contribution is 2.33. The standard InChI is InChI=1S/C16H22O5/c1-4-20-14(18)16(10-11-17,15(19)21-5-2)13-9-7-6-8-12(13)3/h6-9,17H,4-5,10-11H2,1-3H3. The highest BCUT2D eigenvalue weighted by molar-refractivity contribution is 6.06. The lowest BCUT2D eigenvalue weighted by atomic mass is 9.75. The van der Waals surface area contributed by atoms with Crippen molar-refractivity contribution in [1.82, 2.24) is 0 Å². The summed E-state index contributed by atoms with van der Waals surface area (Å²) in [5.41, 5.74) is -0.338. The number of carbonyl (C=O) groups is 2. The highest BCUT2D eigenvalue weighted by Gasteiger charge is 2.50. The van der Waals surface area contributed by atoms with Crippen LogP contribution in [0.5, 0.6) is 0 Å². The first-order chi connectivity index (χ1) is 10.0. The molecule has 1 aromatic rings. The second kappa shape index (κ2) is 7.78. The summed E-state index contributed by atoms with van der Waals surface area (Å²) in [5, 5.41) is 9.37. The van der Waals surface area contributed by atoms with Crippen molar-refractivity contribution < 1.29 is 24.2 Å². The van der Waals surface area contributed by atoms with E-state index in [9.17, 15) is 14.7 Å². The number of ether oxygens (including phenoxy) is 2. The van der Waals surface area contributed by atoms with Crippen LogP contribution < -0.4 is 0 Å². The lowest BCUT2D eigenvalue weighted by molar-refractivity contribution is -0.166. The van der Waals surface area contributed by atoms with E-state index in [0.29, 0.717) is 5.56 Å². The molecule has 0 atom stereocenters. The van der Waals surface area contributed by atoms with Crippen LogP contribution >= 0.6 is 0 Å². The van der Waals surface area contributed by atoms with E-state index < -0.39 is 17.4 Å². The average Bonchev–Trinajstić information content (AvgIpc) is 2.46. The molecule has 1 rings (SSSR count). The van der Waals surface area contributed by atoms with E-state index >= 15 is 0 Å². The fraction of sp³-hybridized carbons (Fsp3) is 0.500. The Morgan fingerprint density at radius 1 is 1.10 bits per heavy atom. The first kappa shape index (κ1) is 17.2. The fourth-order valence-electron chi connectivity index (χ4n) is 2.37. The Labute approximate surface area is 124 Å². The van der Waals surface area contributed by atoms with Crippen molar-refractivity contribution in [3.05, 3.63) is 35.4 Å². The molecule has 0 amide bonds. The number of carbonyl (C=O) groups excluding carboxylic acids is 2. The number of esters is 2. The molecule has 0 aliphatic carbocycles.